The van der Waals surface area contributed by atoms with Gasteiger partial charge in [-0.3, -0.25) is 0 Å². The summed E-state index contributed by atoms with van der Waals surface area (Å²) in [5.41, 5.74) is 0. The summed E-state index contributed by atoms with van der Waals surface area (Å²) in [6.45, 7) is 0. The molecule has 0 saturated carbocycles. The Morgan fingerprint density at radius 1 is 1.20 bits per heavy atom. The fourth-order valence-electron chi connectivity index (χ4n) is 0.474. The standard InChI is InChI=1S/C4H2BrF3N2.BF4/c5-3-1-10(2-9-3)4(6,7)8;2-1(3,4)5/h1-2H;/q;-1/p+1. The van der Waals surface area contributed by atoms with E-state index in [4.69, 9.17) is 0 Å². The molecule has 0 fully saturated rings. The van der Waals surface area contributed by atoms with Crippen LogP contribution in [0.15, 0.2) is 17.1 Å². The molecule has 11 heteroatoms. The molecule has 2 nitrogen and oxygen atoms in total. The van der Waals surface area contributed by atoms with Crippen LogP contribution >= 0.6 is 15.9 Å². The minimum absolute atomic E-state index is 0.122. The molecule has 1 aromatic rings. The van der Waals surface area contributed by atoms with E-state index in [1.54, 1.807) is 0 Å². The Morgan fingerprint density at radius 3 is 1.73 bits per heavy atom. The van der Waals surface area contributed by atoms with Gasteiger partial charge in [-0.1, -0.05) is 0 Å². The Labute approximate surface area is 87.3 Å². The summed E-state index contributed by atoms with van der Waals surface area (Å²) in [4.78, 5) is 2.33. The Morgan fingerprint density at radius 2 is 1.60 bits per heavy atom. The zero-order valence-electron chi connectivity index (χ0n) is 6.70. The van der Waals surface area contributed by atoms with Gasteiger partial charge in [-0.2, -0.15) is 0 Å². The maximum Gasteiger partial charge on any atom is 0.673 e. The van der Waals surface area contributed by atoms with E-state index in [-0.39, 0.29) is 4.57 Å². The number of rotatable bonds is 0. The zero-order valence-corrected chi connectivity index (χ0v) is 8.29. The first-order chi connectivity index (χ1) is 6.50. The van der Waals surface area contributed by atoms with Gasteiger partial charge in [0.05, 0.1) is 0 Å². The monoisotopic (exact) mass is 302 g/mol. The Bertz CT molecular complexity index is 299. The lowest BCUT2D eigenvalue weighted by Crippen LogP contribution is -2.44. The molecule has 0 aromatic carbocycles. The summed E-state index contributed by atoms with van der Waals surface area (Å²) >= 11 is 2.85. The molecule has 88 valence electrons. The lowest BCUT2D eigenvalue weighted by Gasteiger charge is -1.96. The molecule has 0 aliphatic rings. The van der Waals surface area contributed by atoms with Crippen LogP contribution in [0.4, 0.5) is 30.4 Å². The van der Waals surface area contributed by atoms with E-state index in [9.17, 15) is 30.4 Å². The smallest absolute Gasteiger partial charge is 0.418 e. The fraction of sp³-hybridized carbons (Fsp3) is 0.250. The molecule has 15 heavy (non-hydrogen) atoms. The molecule has 0 radical (unpaired) electrons. The molecule has 0 unspecified atom stereocenters. The number of hydrogen-bond donors (Lipinski definition) is 1. The highest BCUT2D eigenvalue weighted by molar-refractivity contribution is 9.10. The largest absolute Gasteiger partial charge is 0.673 e. The Kier molecular flexibility index (Phi) is 4.62. The van der Waals surface area contributed by atoms with Crippen molar-refractivity contribution in [3.05, 3.63) is 17.1 Å². The number of aromatic amines is 1. The fourth-order valence-corrected chi connectivity index (χ4v) is 0.797. The third kappa shape index (κ3) is 8.27. The number of imidazole rings is 1. The van der Waals surface area contributed by atoms with Gasteiger partial charge in [-0.25, -0.2) is 4.98 Å². The van der Waals surface area contributed by atoms with E-state index in [2.05, 4.69) is 20.9 Å². The van der Waals surface area contributed by atoms with Crippen LogP contribution in [0.3, 0.4) is 0 Å². The number of alkyl halides is 3. The normalized spacial score (nSPS) is 12.0. The van der Waals surface area contributed by atoms with E-state index < -0.39 is 13.6 Å². The maximum atomic E-state index is 11.7. The van der Waals surface area contributed by atoms with E-state index in [1.807, 2.05) is 0 Å². The molecule has 1 aromatic heterocycles. The van der Waals surface area contributed by atoms with E-state index >= 15 is 0 Å². The van der Waals surface area contributed by atoms with Crippen LogP contribution in [0.25, 0.3) is 0 Å². The molecule has 1 rings (SSSR count). The Balaban J connectivity index is 0.000000336. The number of halogens is 8. The van der Waals surface area contributed by atoms with Gasteiger partial charge in [0.25, 0.3) is 0 Å². The summed E-state index contributed by atoms with van der Waals surface area (Å²) in [7, 11) is -6.00. The second-order valence-corrected chi connectivity index (χ2v) is 2.97. The molecule has 0 saturated heterocycles. The van der Waals surface area contributed by atoms with Crippen molar-refractivity contribution in [1.29, 1.82) is 0 Å². The van der Waals surface area contributed by atoms with Gasteiger partial charge in [0.15, 0.2) is 6.20 Å². The van der Waals surface area contributed by atoms with Crippen LogP contribution in [0.1, 0.15) is 0 Å². The predicted octanol–water partition coefficient (Wildman–Crippen LogP) is 2.84. The first-order valence-electron chi connectivity index (χ1n) is 3.20. The van der Waals surface area contributed by atoms with Gasteiger partial charge in [0, 0.05) is 15.9 Å². The first kappa shape index (κ1) is 14.3. The summed E-state index contributed by atoms with van der Waals surface area (Å²) in [6, 6.07) is 0. The molecule has 0 amide bonds. The molecule has 1 N–H and O–H groups in total. The van der Waals surface area contributed by atoms with Crippen molar-refractivity contribution in [2.45, 2.75) is 6.30 Å². The van der Waals surface area contributed by atoms with Crippen LogP contribution in [0.2, 0.25) is 0 Å². The second kappa shape index (κ2) is 4.86. The van der Waals surface area contributed by atoms with Crippen LogP contribution in [0, 0.1) is 0 Å². The van der Waals surface area contributed by atoms with Crippen molar-refractivity contribution in [3.8, 4) is 0 Å². The zero-order chi connectivity index (χ0) is 12.3. The SMILES string of the molecule is FC(F)(F)[n+]1c[nH]c(Br)c1.F[B-](F)(F)F. The minimum Gasteiger partial charge on any atom is -0.418 e. The molecular formula is C4H3BBrF7N2. The lowest BCUT2D eigenvalue weighted by molar-refractivity contribution is -0.854. The molecule has 0 aliphatic carbocycles. The maximum absolute atomic E-state index is 11.7. The number of aromatic nitrogens is 2. The number of nitrogens with zero attached hydrogens (tertiary/aromatic N) is 1. The van der Waals surface area contributed by atoms with Gasteiger partial charge >= 0.3 is 13.6 Å². The minimum atomic E-state index is -6.00. The van der Waals surface area contributed by atoms with Crippen molar-refractivity contribution in [1.82, 2.24) is 4.98 Å². The van der Waals surface area contributed by atoms with Crippen molar-refractivity contribution < 1.29 is 35.0 Å². The third-order valence-electron chi connectivity index (χ3n) is 0.887. The molecule has 0 aliphatic heterocycles. The number of H-pyrrole nitrogens is 1. The van der Waals surface area contributed by atoms with E-state index in [0.29, 0.717) is 4.60 Å². The van der Waals surface area contributed by atoms with Crippen LogP contribution < -0.4 is 4.57 Å². The number of nitrogens with one attached hydrogen (secondary N) is 1. The van der Waals surface area contributed by atoms with Crippen molar-refractivity contribution in [2.75, 3.05) is 0 Å². The van der Waals surface area contributed by atoms with Gasteiger partial charge in [0.2, 0.25) is 10.9 Å². The first-order valence-corrected chi connectivity index (χ1v) is 3.99. The summed E-state index contributed by atoms with van der Waals surface area (Å²) in [6.07, 6.45) is -2.60. The van der Waals surface area contributed by atoms with Crippen LogP contribution in [0.5, 0.6) is 0 Å². The second-order valence-electron chi connectivity index (χ2n) is 2.12. The van der Waals surface area contributed by atoms with Gasteiger partial charge in [-0.05, 0) is 0 Å². The lowest BCUT2D eigenvalue weighted by atomic mass is 10.3. The quantitative estimate of drug-likeness (QED) is 0.432. The van der Waals surface area contributed by atoms with E-state index in [1.165, 1.54) is 0 Å². The highest BCUT2D eigenvalue weighted by Gasteiger charge is 2.37. The predicted molar refractivity (Wildman–Crippen MR) is 40.2 cm³/mol. The average Bonchev–Trinajstić information content (AvgIpc) is 2.29. The molecule has 0 spiro atoms. The third-order valence-corrected chi connectivity index (χ3v) is 1.32. The van der Waals surface area contributed by atoms with Crippen molar-refractivity contribution in [2.24, 2.45) is 0 Å². The topological polar surface area (TPSA) is 19.7 Å². The van der Waals surface area contributed by atoms with E-state index in [0.717, 1.165) is 12.5 Å². The highest BCUT2D eigenvalue weighted by atomic mass is 79.9. The molecular weight excluding hydrogens is 300 g/mol. The van der Waals surface area contributed by atoms with Crippen LogP contribution in [-0.4, -0.2) is 12.2 Å². The molecule has 0 atom stereocenters. The van der Waals surface area contributed by atoms with Crippen molar-refractivity contribution in [3.63, 3.8) is 0 Å². The number of hydrogen-bond acceptors (Lipinski definition) is 0. The summed E-state index contributed by atoms with van der Waals surface area (Å²) in [5.74, 6) is 0. The van der Waals surface area contributed by atoms with Gasteiger partial charge in [-0.15, -0.1) is 17.7 Å². The van der Waals surface area contributed by atoms with Crippen LogP contribution in [-0.2, 0) is 6.30 Å². The molecule has 1 heterocycles. The average molecular weight is 303 g/mol. The molecule has 0 bridgehead atoms. The highest BCUT2D eigenvalue weighted by Crippen LogP contribution is 2.14. The van der Waals surface area contributed by atoms with Crippen molar-refractivity contribution >= 4 is 23.2 Å². The van der Waals surface area contributed by atoms with Gasteiger partial charge < -0.3 is 17.3 Å². The Hall–Kier alpha value is -0.735. The summed E-state index contributed by atoms with van der Waals surface area (Å²) in [5, 5.41) is 0. The summed E-state index contributed by atoms with van der Waals surface area (Å²) < 4.78 is 74.6. The van der Waals surface area contributed by atoms with Gasteiger partial charge in [0.1, 0.15) is 0 Å².